The summed E-state index contributed by atoms with van der Waals surface area (Å²) >= 11 is 0. The maximum Gasteiger partial charge on any atom is 0.154 e. The van der Waals surface area contributed by atoms with Gasteiger partial charge in [-0.3, -0.25) is 0 Å². The summed E-state index contributed by atoms with van der Waals surface area (Å²) in [6.45, 7) is 3.66. The van der Waals surface area contributed by atoms with Crippen LogP contribution in [-0.4, -0.2) is 32.5 Å². The van der Waals surface area contributed by atoms with Crippen LogP contribution in [0.15, 0.2) is 12.7 Å². The highest BCUT2D eigenvalue weighted by Crippen LogP contribution is 2.23. The van der Waals surface area contributed by atoms with Gasteiger partial charge in [0.2, 0.25) is 0 Å². The molecule has 1 rings (SSSR count). The first-order valence-electron chi connectivity index (χ1n) is 5.11. The Balaban J connectivity index is 2.76. The van der Waals surface area contributed by atoms with Gasteiger partial charge in [0.25, 0.3) is 0 Å². The second kappa shape index (κ2) is 4.94. The Labute approximate surface area is 86.5 Å². The molecule has 1 aliphatic rings. The zero-order valence-electron chi connectivity index (χ0n) is 8.70. The Morgan fingerprint density at radius 3 is 2.79 bits per heavy atom. The first-order valence-corrected chi connectivity index (χ1v) is 6.83. The molecule has 14 heavy (non-hydrogen) atoms. The summed E-state index contributed by atoms with van der Waals surface area (Å²) in [5.74, 6) is 0.354. The molecule has 1 saturated heterocycles. The van der Waals surface area contributed by atoms with Crippen molar-refractivity contribution in [3.05, 3.63) is 12.7 Å². The third-order valence-electron chi connectivity index (χ3n) is 2.87. The lowest BCUT2D eigenvalue weighted by Crippen LogP contribution is -2.45. The lowest BCUT2D eigenvalue weighted by molar-refractivity contribution is 0.460. The first kappa shape index (κ1) is 11.7. The van der Waals surface area contributed by atoms with Crippen LogP contribution in [0.3, 0.4) is 0 Å². The molecule has 2 atom stereocenters. The molecule has 0 bridgehead atoms. The molecule has 0 amide bonds. The molecule has 1 fully saturated rings. The molecule has 82 valence electrons. The van der Waals surface area contributed by atoms with E-state index in [9.17, 15) is 8.42 Å². The van der Waals surface area contributed by atoms with Crippen molar-refractivity contribution in [2.24, 2.45) is 0 Å². The third kappa shape index (κ3) is 2.58. The van der Waals surface area contributed by atoms with Crippen molar-refractivity contribution in [1.82, 2.24) is 5.32 Å². The standard InChI is InChI=1S/C10H19NO2S/c1-3-6-9(11-2)10-7-4-5-8-14(10,12)13/h3,9-11H,1,4-8H2,2H3. The summed E-state index contributed by atoms with van der Waals surface area (Å²) in [6.07, 6.45) is 5.15. The van der Waals surface area contributed by atoms with E-state index in [1.54, 1.807) is 6.08 Å². The molecule has 2 unspecified atom stereocenters. The Bertz CT molecular complexity index is 284. The maximum absolute atomic E-state index is 11.8. The van der Waals surface area contributed by atoms with Gasteiger partial charge in [-0.25, -0.2) is 8.42 Å². The van der Waals surface area contributed by atoms with Crippen LogP contribution in [0.25, 0.3) is 0 Å². The van der Waals surface area contributed by atoms with E-state index in [4.69, 9.17) is 0 Å². The van der Waals surface area contributed by atoms with Gasteiger partial charge in [0.1, 0.15) is 0 Å². The highest BCUT2D eigenvalue weighted by atomic mass is 32.2. The van der Waals surface area contributed by atoms with E-state index in [0.717, 1.165) is 25.7 Å². The highest BCUT2D eigenvalue weighted by molar-refractivity contribution is 7.92. The largest absolute Gasteiger partial charge is 0.315 e. The topological polar surface area (TPSA) is 46.2 Å². The fourth-order valence-electron chi connectivity index (χ4n) is 2.07. The van der Waals surface area contributed by atoms with Gasteiger partial charge in [-0.05, 0) is 26.3 Å². The minimum Gasteiger partial charge on any atom is -0.315 e. The van der Waals surface area contributed by atoms with Crippen LogP contribution in [0.5, 0.6) is 0 Å². The van der Waals surface area contributed by atoms with Crippen LogP contribution in [0.4, 0.5) is 0 Å². The normalized spacial score (nSPS) is 28.2. The Morgan fingerprint density at radius 2 is 2.29 bits per heavy atom. The SMILES string of the molecule is C=CCC(NC)C1CCCCS1(=O)=O. The monoisotopic (exact) mass is 217 g/mol. The summed E-state index contributed by atoms with van der Waals surface area (Å²) in [5, 5.41) is 2.87. The number of hydrogen-bond acceptors (Lipinski definition) is 3. The minimum absolute atomic E-state index is 0.0396. The van der Waals surface area contributed by atoms with Crippen LogP contribution in [-0.2, 0) is 9.84 Å². The Hall–Kier alpha value is -0.350. The molecule has 4 heteroatoms. The van der Waals surface area contributed by atoms with Crippen LogP contribution < -0.4 is 5.32 Å². The summed E-state index contributed by atoms with van der Waals surface area (Å²) in [7, 11) is -1.05. The average molecular weight is 217 g/mol. The maximum atomic E-state index is 11.8. The van der Waals surface area contributed by atoms with E-state index >= 15 is 0 Å². The van der Waals surface area contributed by atoms with Gasteiger partial charge in [0, 0.05) is 6.04 Å². The minimum atomic E-state index is -2.87. The predicted molar refractivity (Wildman–Crippen MR) is 59.1 cm³/mol. The van der Waals surface area contributed by atoms with E-state index in [1.165, 1.54) is 0 Å². The molecule has 1 N–H and O–H groups in total. The number of rotatable bonds is 4. The van der Waals surface area contributed by atoms with Gasteiger partial charge in [0.05, 0.1) is 11.0 Å². The zero-order chi connectivity index (χ0) is 10.6. The molecular weight excluding hydrogens is 198 g/mol. The van der Waals surface area contributed by atoms with Crippen LogP contribution >= 0.6 is 0 Å². The molecule has 0 aromatic rings. The van der Waals surface area contributed by atoms with Crippen LogP contribution in [0.2, 0.25) is 0 Å². The van der Waals surface area contributed by atoms with E-state index in [1.807, 2.05) is 7.05 Å². The molecular formula is C10H19NO2S. The first-order chi connectivity index (χ1) is 6.61. The molecule has 0 aliphatic carbocycles. The van der Waals surface area contributed by atoms with E-state index in [-0.39, 0.29) is 11.3 Å². The van der Waals surface area contributed by atoms with Crippen LogP contribution in [0, 0.1) is 0 Å². The summed E-state index contributed by atoms with van der Waals surface area (Å²) < 4.78 is 23.6. The lowest BCUT2D eigenvalue weighted by Gasteiger charge is -2.29. The lowest BCUT2D eigenvalue weighted by atomic mass is 10.0. The van der Waals surface area contributed by atoms with Gasteiger partial charge in [0.15, 0.2) is 9.84 Å². The van der Waals surface area contributed by atoms with Gasteiger partial charge < -0.3 is 5.32 Å². The molecule has 0 spiro atoms. The Kier molecular flexibility index (Phi) is 4.13. The van der Waals surface area contributed by atoms with Crippen molar-refractivity contribution in [1.29, 1.82) is 0 Å². The van der Waals surface area contributed by atoms with Gasteiger partial charge >= 0.3 is 0 Å². The van der Waals surface area contributed by atoms with Crippen molar-refractivity contribution in [3.63, 3.8) is 0 Å². The number of nitrogens with one attached hydrogen (secondary N) is 1. The van der Waals surface area contributed by atoms with Crippen LogP contribution in [0.1, 0.15) is 25.7 Å². The molecule has 0 radical (unpaired) electrons. The zero-order valence-corrected chi connectivity index (χ0v) is 9.52. The molecule has 1 heterocycles. The highest BCUT2D eigenvalue weighted by Gasteiger charge is 2.33. The molecule has 1 aliphatic heterocycles. The number of hydrogen-bond donors (Lipinski definition) is 1. The fourth-order valence-corrected chi connectivity index (χ4v) is 4.25. The molecule has 3 nitrogen and oxygen atoms in total. The second-order valence-corrected chi connectivity index (χ2v) is 6.16. The van der Waals surface area contributed by atoms with E-state index in [2.05, 4.69) is 11.9 Å². The molecule has 0 saturated carbocycles. The van der Waals surface area contributed by atoms with Crippen molar-refractivity contribution in [2.45, 2.75) is 37.0 Å². The van der Waals surface area contributed by atoms with Gasteiger partial charge in [-0.15, -0.1) is 6.58 Å². The van der Waals surface area contributed by atoms with Gasteiger partial charge in [-0.2, -0.15) is 0 Å². The van der Waals surface area contributed by atoms with Crippen molar-refractivity contribution < 1.29 is 8.42 Å². The predicted octanol–water partition coefficient (Wildman–Crippen LogP) is 1.12. The van der Waals surface area contributed by atoms with E-state index in [0.29, 0.717) is 5.75 Å². The smallest absolute Gasteiger partial charge is 0.154 e. The second-order valence-electron chi connectivity index (χ2n) is 3.82. The third-order valence-corrected chi connectivity index (χ3v) is 5.21. The van der Waals surface area contributed by atoms with Crippen molar-refractivity contribution in [3.8, 4) is 0 Å². The molecule has 0 aromatic heterocycles. The van der Waals surface area contributed by atoms with Crippen molar-refractivity contribution >= 4 is 9.84 Å². The van der Waals surface area contributed by atoms with Gasteiger partial charge in [-0.1, -0.05) is 12.5 Å². The Morgan fingerprint density at radius 1 is 1.57 bits per heavy atom. The van der Waals surface area contributed by atoms with E-state index < -0.39 is 9.84 Å². The molecule has 0 aromatic carbocycles. The average Bonchev–Trinajstić information content (AvgIpc) is 2.14. The fraction of sp³-hybridized carbons (Fsp3) is 0.800. The number of sulfone groups is 1. The quantitative estimate of drug-likeness (QED) is 0.718. The summed E-state index contributed by atoms with van der Waals surface area (Å²) in [4.78, 5) is 0. The summed E-state index contributed by atoms with van der Waals surface area (Å²) in [5.41, 5.74) is 0. The summed E-state index contributed by atoms with van der Waals surface area (Å²) in [6, 6.07) is 0.0396. The van der Waals surface area contributed by atoms with Crippen molar-refractivity contribution in [2.75, 3.05) is 12.8 Å².